The van der Waals surface area contributed by atoms with Crippen molar-refractivity contribution in [2.75, 3.05) is 5.75 Å². The number of benzene rings is 3. The van der Waals surface area contributed by atoms with Crippen molar-refractivity contribution in [2.24, 2.45) is 0 Å². The normalized spacial score (nSPS) is 10.8. The van der Waals surface area contributed by atoms with Crippen molar-refractivity contribution in [3.8, 4) is 22.3 Å². The molecule has 2 heteroatoms. The summed E-state index contributed by atoms with van der Waals surface area (Å²) in [6.45, 7) is 2.25. The number of unbranched alkanes of at least 4 members (excludes halogenated alkanes) is 1. The Kier molecular flexibility index (Phi) is 6.34. The highest BCUT2D eigenvalue weighted by atomic mass is 32.1. The molecule has 0 aliphatic rings. The van der Waals surface area contributed by atoms with Gasteiger partial charge in [0.05, 0.1) is 0 Å². The second kappa shape index (κ2) is 8.70. The molecule has 3 rings (SSSR count). The van der Waals surface area contributed by atoms with E-state index in [1.54, 1.807) is 0 Å². The summed E-state index contributed by atoms with van der Waals surface area (Å²) in [4.78, 5) is 0. The van der Waals surface area contributed by atoms with Crippen molar-refractivity contribution in [2.45, 2.75) is 26.2 Å². The minimum absolute atomic E-state index is 0.954. The third kappa shape index (κ3) is 4.17. The second-order valence-electron chi connectivity index (χ2n) is 6.42. The predicted octanol–water partition coefficient (Wildman–Crippen LogP) is 6.08. The second-order valence-corrected chi connectivity index (χ2v) is 7.45. The lowest BCUT2D eigenvalue weighted by molar-refractivity contribution is 0.801. The van der Waals surface area contributed by atoms with E-state index in [0.717, 1.165) is 18.6 Å². The maximum Gasteiger partial charge on any atom is -0.00713 e. The minimum Gasteiger partial charge on any atom is -0.179 e. The summed E-state index contributed by atoms with van der Waals surface area (Å²) in [6.07, 6.45) is 3.44. The van der Waals surface area contributed by atoms with E-state index in [4.69, 9.17) is 0 Å². The van der Waals surface area contributed by atoms with Crippen LogP contribution in [0.25, 0.3) is 22.3 Å². The molecule has 0 fully saturated rings. The molecule has 0 aliphatic carbocycles. The largest absolute Gasteiger partial charge is 0.179 e. The summed E-state index contributed by atoms with van der Waals surface area (Å²) in [6, 6.07) is 23.8. The Balaban J connectivity index is 2.18. The zero-order chi connectivity index (χ0) is 17.6. The molecule has 0 amide bonds. The molecule has 0 saturated carbocycles. The van der Waals surface area contributed by atoms with Crippen LogP contribution >= 0.6 is 21.9 Å². The van der Waals surface area contributed by atoms with Crippen molar-refractivity contribution in [3.63, 3.8) is 0 Å². The SMILES string of the molecule is Cc1cc(-c2ccccc2)c(P)c(-c2ccccc2)c1CCCCS. The molecule has 0 saturated heterocycles. The zero-order valence-electron chi connectivity index (χ0n) is 14.7. The van der Waals surface area contributed by atoms with Crippen LogP contribution in [0.3, 0.4) is 0 Å². The van der Waals surface area contributed by atoms with E-state index in [2.05, 4.69) is 95.5 Å². The summed E-state index contributed by atoms with van der Waals surface area (Å²) in [5.41, 5.74) is 8.10. The standard InChI is InChI=1S/C23H25PS/c1-17-16-21(18-10-4-2-5-11-18)23(24)22(19-12-6-3-7-13-19)20(17)14-8-9-15-25/h2-7,10-13,16,25H,8-9,14-15,24H2,1H3. The van der Waals surface area contributed by atoms with Gasteiger partial charge in [0, 0.05) is 0 Å². The van der Waals surface area contributed by atoms with Gasteiger partial charge in [0.2, 0.25) is 0 Å². The fourth-order valence-corrected chi connectivity index (χ4v) is 4.22. The van der Waals surface area contributed by atoms with Crippen LogP contribution in [0.4, 0.5) is 0 Å². The molecule has 0 aliphatic heterocycles. The van der Waals surface area contributed by atoms with Gasteiger partial charge in [-0.1, -0.05) is 66.7 Å². The predicted molar refractivity (Wildman–Crippen MR) is 118 cm³/mol. The molecule has 3 aromatic carbocycles. The lowest BCUT2D eigenvalue weighted by atomic mass is 9.88. The van der Waals surface area contributed by atoms with Crippen molar-refractivity contribution in [1.82, 2.24) is 0 Å². The van der Waals surface area contributed by atoms with Crippen molar-refractivity contribution in [3.05, 3.63) is 77.9 Å². The maximum atomic E-state index is 4.37. The molecule has 25 heavy (non-hydrogen) atoms. The lowest BCUT2D eigenvalue weighted by Crippen LogP contribution is -2.09. The maximum absolute atomic E-state index is 4.37. The van der Waals surface area contributed by atoms with Crippen LogP contribution in [0.15, 0.2) is 66.7 Å². The van der Waals surface area contributed by atoms with Crippen LogP contribution in [0.5, 0.6) is 0 Å². The topological polar surface area (TPSA) is 0 Å². The molecule has 0 heterocycles. The summed E-state index contributed by atoms with van der Waals surface area (Å²) in [7, 11) is 3.01. The van der Waals surface area contributed by atoms with Crippen LogP contribution in [-0.2, 0) is 6.42 Å². The molecule has 1 unspecified atom stereocenters. The molecular formula is C23H25PS. The van der Waals surface area contributed by atoms with Gasteiger partial charge in [-0.15, -0.1) is 9.24 Å². The molecule has 0 N–H and O–H groups in total. The monoisotopic (exact) mass is 364 g/mol. The van der Waals surface area contributed by atoms with Gasteiger partial charge in [0.25, 0.3) is 0 Å². The first-order valence-corrected chi connectivity index (χ1v) is 10.1. The summed E-state index contributed by atoms with van der Waals surface area (Å²) < 4.78 is 0. The highest BCUT2D eigenvalue weighted by Gasteiger charge is 2.16. The Bertz CT molecular complexity index is 826. The minimum atomic E-state index is 0.954. The number of rotatable bonds is 6. The molecule has 0 nitrogen and oxygen atoms in total. The summed E-state index contributed by atoms with van der Waals surface area (Å²) in [5.74, 6) is 0.954. The van der Waals surface area contributed by atoms with E-state index < -0.39 is 0 Å². The number of thiol groups is 1. The summed E-state index contributed by atoms with van der Waals surface area (Å²) >= 11 is 4.37. The van der Waals surface area contributed by atoms with Gasteiger partial charge in [-0.05, 0) is 70.6 Å². The van der Waals surface area contributed by atoms with Gasteiger partial charge in [-0.2, -0.15) is 12.6 Å². The van der Waals surface area contributed by atoms with E-state index in [9.17, 15) is 0 Å². The Morgan fingerprint density at radius 1 is 0.840 bits per heavy atom. The fraction of sp³-hybridized carbons (Fsp3) is 0.217. The first kappa shape index (κ1) is 18.2. The molecule has 1 atom stereocenters. The fourth-order valence-electron chi connectivity index (χ4n) is 3.40. The van der Waals surface area contributed by atoms with Crippen molar-refractivity contribution >= 4 is 27.2 Å². The van der Waals surface area contributed by atoms with Gasteiger partial charge in [-0.3, -0.25) is 0 Å². The van der Waals surface area contributed by atoms with E-state index in [1.165, 1.54) is 45.1 Å². The Morgan fingerprint density at radius 3 is 2.04 bits per heavy atom. The third-order valence-electron chi connectivity index (χ3n) is 4.68. The average molecular weight is 364 g/mol. The molecular weight excluding hydrogens is 339 g/mol. The van der Waals surface area contributed by atoms with E-state index in [1.807, 2.05) is 0 Å². The molecule has 0 bridgehead atoms. The van der Waals surface area contributed by atoms with Gasteiger partial charge in [0.15, 0.2) is 0 Å². The Morgan fingerprint density at radius 2 is 1.44 bits per heavy atom. The zero-order valence-corrected chi connectivity index (χ0v) is 16.8. The van der Waals surface area contributed by atoms with Crippen LogP contribution in [0.2, 0.25) is 0 Å². The lowest BCUT2D eigenvalue weighted by Gasteiger charge is -2.20. The third-order valence-corrected chi connectivity index (χ3v) is 5.60. The van der Waals surface area contributed by atoms with Crippen LogP contribution < -0.4 is 5.30 Å². The molecule has 0 radical (unpaired) electrons. The number of hydrogen-bond acceptors (Lipinski definition) is 1. The smallest absolute Gasteiger partial charge is 0.00713 e. The van der Waals surface area contributed by atoms with Gasteiger partial charge in [-0.25, -0.2) is 0 Å². The van der Waals surface area contributed by atoms with Gasteiger partial charge < -0.3 is 0 Å². The quantitative estimate of drug-likeness (QED) is 0.306. The highest BCUT2D eigenvalue weighted by molar-refractivity contribution is 7.80. The first-order valence-electron chi connectivity index (χ1n) is 8.86. The molecule has 128 valence electrons. The van der Waals surface area contributed by atoms with Gasteiger partial charge >= 0.3 is 0 Å². The van der Waals surface area contributed by atoms with Crippen LogP contribution in [0.1, 0.15) is 24.0 Å². The van der Waals surface area contributed by atoms with Gasteiger partial charge in [0.1, 0.15) is 0 Å². The van der Waals surface area contributed by atoms with Crippen molar-refractivity contribution < 1.29 is 0 Å². The number of hydrogen-bond donors (Lipinski definition) is 1. The molecule has 0 spiro atoms. The van der Waals surface area contributed by atoms with E-state index >= 15 is 0 Å². The van der Waals surface area contributed by atoms with E-state index in [0.29, 0.717) is 0 Å². The molecule has 0 aromatic heterocycles. The highest BCUT2D eigenvalue weighted by Crippen LogP contribution is 2.33. The Labute approximate surface area is 159 Å². The van der Waals surface area contributed by atoms with E-state index in [-0.39, 0.29) is 0 Å². The first-order chi connectivity index (χ1) is 12.2. The Hall–Kier alpha value is -1.56. The summed E-state index contributed by atoms with van der Waals surface area (Å²) in [5, 5.41) is 1.30. The molecule has 3 aromatic rings. The number of aryl methyl sites for hydroxylation is 1. The van der Waals surface area contributed by atoms with Crippen LogP contribution in [-0.4, -0.2) is 5.75 Å². The average Bonchev–Trinajstić information content (AvgIpc) is 2.66. The van der Waals surface area contributed by atoms with Crippen LogP contribution in [0, 0.1) is 6.92 Å². The van der Waals surface area contributed by atoms with Crippen molar-refractivity contribution in [1.29, 1.82) is 0 Å².